The maximum Gasteiger partial charge on any atom is 0.406 e. The molecule has 6 rings (SSSR count). The summed E-state index contributed by atoms with van der Waals surface area (Å²) in [6, 6.07) is 8.32. The van der Waals surface area contributed by atoms with Crippen LogP contribution in [0.2, 0.25) is 5.02 Å². The molecule has 5 heterocycles. The van der Waals surface area contributed by atoms with Crippen LogP contribution in [0.1, 0.15) is 16.9 Å². The van der Waals surface area contributed by atoms with E-state index in [2.05, 4.69) is 9.88 Å². The Bertz CT molecular complexity index is 1700. The SMILES string of the molecule is Cc1cc(Cl)cc(-c2ccnc3cc(Cn4c(=O)ccn(CC(F)(F)F)c4=O)sc23)c1O[C@@H]1CN2CC[C@@H]1C2. The first-order valence-electron chi connectivity index (χ1n) is 12.5. The lowest BCUT2D eigenvalue weighted by molar-refractivity contribution is -0.141. The molecule has 204 valence electrons. The third-order valence-corrected chi connectivity index (χ3v) is 8.70. The van der Waals surface area contributed by atoms with Crippen LogP contribution in [0.4, 0.5) is 13.2 Å². The molecule has 7 nitrogen and oxygen atoms in total. The van der Waals surface area contributed by atoms with Crippen molar-refractivity contribution in [2.45, 2.75) is 38.7 Å². The standard InChI is InChI=1S/C27H24ClF3N4O3S/c1-15-8-17(28)9-20(24(15)38-22-13-33-6-3-16(22)11-33)19-2-5-32-21-10-18(39-25(19)21)12-35-23(36)4-7-34(26(35)37)14-27(29,30)31/h2,4-5,7-10,16,22H,3,6,11-14H2,1H3/t16-,22-/m1/s1. The van der Waals surface area contributed by atoms with Crippen molar-refractivity contribution in [1.82, 2.24) is 19.0 Å². The van der Waals surface area contributed by atoms with Gasteiger partial charge in [0.05, 0.1) is 16.8 Å². The largest absolute Gasteiger partial charge is 0.488 e. The van der Waals surface area contributed by atoms with Gasteiger partial charge in [0.25, 0.3) is 5.56 Å². The molecule has 2 saturated heterocycles. The number of alkyl halides is 3. The van der Waals surface area contributed by atoms with E-state index in [1.165, 1.54) is 11.3 Å². The minimum Gasteiger partial charge on any atom is -0.488 e. The fourth-order valence-electron chi connectivity index (χ4n) is 5.56. The van der Waals surface area contributed by atoms with Gasteiger partial charge in [0.2, 0.25) is 0 Å². The molecule has 12 heteroatoms. The van der Waals surface area contributed by atoms with E-state index in [4.69, 9.17) is 16.3 Å². The number of hydrogen-bond donors (Lipinski definition) is 0. The van der Waals surface area contributed by atoms with Crippen LogP contribution in [0.15, 0.2) is 52.3 Å². The number of ether oxygens (including phenoxy) is 1. The topological polar surface area (TPSA) is 69.4 Å². The van der Waals surface area contributed by atoms with E-state index in [0.29, 0.717) is 25.9 Å². The van der Waals surface area contributed by atoms with Crippen molar-refractivity contribution in [2.75, 3.05) is 19.6 Å². The van der Waals surface area contributed by atoms with Crippen LogP contribution < -0.4 is 16.0 Å². The van der Waals surface area contributed by atoms with Gasteiger partial charge in [0, 0.05) is 58.5 Å². The second-order valence-electron chi connectivity index (χ2n) is 10.1. The van der Waals surface area contributed by atoms with Crippen LogP contribution >= 0.6 is 22.9 Å². The van der Waals surface area contributed by atoms with Gasteiger partial charge < -0.3 is 4.74 Å². The highest BCUT2D eigenvalue weighted by molar-refractivity contribution is 7.19. The summed E-state index contributed by atoms with van der Waals surface area (Å²) >= 11 is 7.81. The Morgan fingerprint density at radius 1 is 1.15 bits per heavy atom. The van der Waals surface area contributed by atoms with Gasteiger partial charge >= 0.3 is 11.9 Å². The summed E-state index contributed by atoms with van der Waals surface area (Å²) < 4.78 is 47.4. The highest BCUT2D eigenvalue weighted by Gasteiger charge is 2.40. The Morgan fingerprint density at radius 2 is 1.97 bits per heavy atom. The van der Waals surface area contributed by atoms with Gasteiger partial charge in [-0.15, -0.1) is 11.3 Å². The van der Waals surface area contributed by atoms with Gasteiger partial charge in [-0.1, -0.05) is 11.6 Å². The Morgan fingerprint density at radius 3 is 2.69 bits per heavy atom. The monoisotopic (exact) mass is 576 g/mol. The smallest absolute Gasteiger partial charge is 0.406 e. The first-order valence-corrected chi connectivity index (χ1v) is 13.7. The summed E-state index contributed by atoms with van der Waals surface area (Å²) in [4.78, 5) is 32.6. The molecule has 1 aromatic carbocycles. The summed E-state index contributed by atoms with van der Waals surface area (Å²) in [6.07, 6.45) is -0.841. The molecule has 2 aliphatic rings. The average molecular weight is 577 g/mol. The van der Waals surface area contributed by atoms with Crippen LogP contribution in [0.3, 0.4) is 0 Å². The fraction of sp³-hybridized carbons (Fsp3) is 0.370. The summed E-state index contributed by atoms with van der Waals surface area (Å²) in [6.45, 7) is 3.35. The number of thiophene rings is 1. The number of aryl methyl sites for hydroxylation is 1. The molecule has 3 atom stereocenters. The molecule has 39 heavy (non-hydrogen) atoms. The lowest BCUT2D eigenvalue weighted by Crippen LogP contribution is -2.41. The van der Waals surface area contributed by atoms with E-state index in [-0.39, 0.29) is 12.6 Å². The van der Waals surface area contributed by atoms with E-state index in [1.807, 2.05) is 25.1 Å². The molecule has 2 aliphatic heterocycles. The number of benzene rings is 1. The van der Waals surface area contributed by atoms with Gasteiger partial charge in [0.1, 0.15) is 18.4 Å². The number of piperidine rings is 1. The van der Waals surface area contributed by atoms with Crippen molar-refractivity contribution in [3.8, 4) is 16.9 Å². The molecule has 2 fully saturated rings. The molecule has 4 aromatic rings. The number of hydrogen-bond acceptors (Lipinski definition) is 6. The van der Waals surface area contributed by atoms with Crippen molar-refractivity contribution < 1.29 is 17.9 Å². The van der Waals surface area contributed by atoms with E-state index < -0.39 is 24.0 Å². The molecule has 1 unspecified atom stereocenters. The number of pyridine rings is 1. The van der Waals surface area contributed by atoms with E-state index in [9.17, 15) is 22.8 Å². The van der Waals surface area contributed by atoms with Gasteiger partial charge in [-0.3, -0.25) is 23.8 Å². The molecule has 0 radical (unpaired) electrons. The van der Waals surface area contributed by atoms with Crippen molar-refractivity contribution in [2.24, 2.45) is 5.92 Å². The van der Waals surface area contributed by atoms with Gasteiger partial charge in [-0.25, -0.2) is 4.79 Å². The van der Waals surface area contributed by atoms with Crippen molar-refractivity contribution in [3.63, 3.8) is 0 Å². The zero-order valence-corrected chi connectivity index (χ0v) is 22.4. The highest BCUT2D eigenvalue weighted by Crippen LogP contribution is 2.43. The van der Waals surface area contributed by atoms with Crippen molar-refractivity contribution in [1.29, 1.82) is 0 Å². The molecule has 0 aliphatic carbocycles. The van der Waals surface area contributed by atoms with Gasteiger partial charge in [0.15, 0.2) is 0 Å². The van der Waals surface area contributed by atoms with Crippen LogP contribution in [0.25, 0.3) is 21.3 Å². The first-order chi connectivity index (χ1) is 18.6. The molecular formula is C27H24ClF3N4O3S. The van der Waals surface area contributed by atoms with Gasteiger partial charge in [-0.05, 0) is 49.7 Å². The molecular weight excluding hydrogens is 553 g/mol. The van der Waals surface area contributed by atoms with Crippen LogP contribution in [-0.2, 0) is 13.1 Å². The fourth-order valence-corrected chi connectivity index (χ4v) is 6.96. The highest BCUT2D eigenvalue weighted by atomic mass is 35.5. The molecule has 0 saturated carbocycles. The Hall–Kier alpha value is -3.15. The second-order valence-corrected chi connectivity index (χ2v) is 11.7. The summed E-state index contributed by atoms with van der Waals surface area (Å²) in [7, 11) is 0. The third kappa shape index (κ3) is 5.10. The number of fused-ring (bicyclic) bond motifs is 3. The quantitative estimate of drug-likeness (QED) is 0.325. The molecule has 3 aromatic heterocycles. The summed E-state index contributed by atoms with van der Waals surface area (Å²) in [5.41, 5.74) is 1.53. The van der Waals surface area contributed by atoms with E-state index >= 15 is 0 Å². The summed E-state index contributed by atoms with van der Waals surface area (Å²) in [5.74, 6) is 1.25. The Kier molecular flexibility index (Phi) is 6.55. The minimum atomic E-state index is -4.59. The van der Waals surface area contributed by atoms with E-state index in [0.717, 1.165) is 70.0 Å². The Balaban J connectivity index is 1.39. The van der Waals surface area contributed by atoms with Crippen LogP contribution in [0, 0.1) is 12.8 Å². The van der Waals surface area contributed by atoms with E-state index in [1.54, 1.807) is 12.3 Å². The van der Waals surface area contributed by atoms with Crippen LogP contribution in [0.5, 0.6) is 5.75 Å². The number of nitrogens with zero attached hydrogens (tertiary/aromatic N) is 4. The van der Waals surface area contributed by atoms with Gasteiger partial charge in [-0.2, -0.15) is 13.2 Å². The molecule has 0 spiro atoms. The first kappa shape index (κ1) is 26.1. The number of halogens is 4. The maximum atomic E-state index is 12.9. The molecule has 0 N–H and O–H groups in total. The normalized spacial score (nSPS) is 20.7. The predicted octanol–water partition coefficient (Wildman–Crippen LogP) is 4.94. The number of rotatable bonds is 6. The third-order valence-electron chi connectivity index (χ3n) is 7.34. The zero-order valence-electron chi connectivity index (χ0n) is 20.9. The number of aromatic nitrogens is 3. The maximum absolute atomic E-state index is 12.9. The Labute approximate surface area is 230 Å². The lowest BCUT2D eigenvalue weighted by atomic mass is 10.00. The van der Waals surface area contributed by atoms with Crippen LogP contribution in [-0.4, -0.2) is 50.9 Å². The molecule has 2 bridgehead atoms. The van der Waals surface area contributed by atoms with Crippen molar-refractivity contribution >= 4 is 33.2 Å². The predicted molar refractivity (Wildman–Crippen MR) is 144 cm³/mol. The minimum absolute atomic E-state index is 0.0948. The zero-order chi connectivity index (χ0) is 27.5. The molecule has 0 amide bonds. The van der Waals surface area contributed by atoms with Crippen molar-refractivity contribution in [3.05, 3.63) is 79.0 Å². The summed E-state index contributed by atoms with van der Waals surface area (Å²) in [5, 5.41) is 0.564. The second kappa shape index (κ2) is 9.79. The lowest BCUT2D eigenvalue weighted by Gasteiger charge is -2.26. The average Bonchev–Trinajstić information content (AvgIpc) is 3.59.